The molecule has 2 aromatic heterocycles. The molecular formula is C20H18ClN5O2S. The average Bonchev–Trinajstić information content (AvgIpc) is 3.13. The van der Waals surface area contributed by atoms with Crippen molar-refractivity contribution in [3.05, 3.63) is 59.9 Å². The number of rotatable bonds is 6. The second kappa shape index (κ2) is 8.10. The Bertz CT molecular complexity index is 1210. The van der Waals surface area contributed by atoms with Crippen molar-refractivity contribution in [1.29, 1.82) is 0 Å². The summed E-state index contributed by atoms with van der Waals surface area (Å²) in [6.45, 7) is 0. The van der Waals surface area contributed by atoms with Crippen LogP contribution in [0.15, 0.2) is 54.9 Å². The molecule has 0 aliphatic heterocycles. The lowest BCUT2D eigenvalue weighted by atomic mass is 10.1. The van der Waals surface area contributed by atoms with Gasteiger partial charge in [-0.1, -0.05) is 29.8 Å². The van der Waals surface area contributed by atoms with Gasteiger partial charge in [0.2, 0.25) is 5.95 Å². The summed E-state index contributed by atoms with van der Waals surface area (Å²) in [5.74, 6) is 0.965. The summed E-state index contributed by atoms with van der Waals surface area (Å²) in [6, 6.07) is 13.3. The van der Waals surface area contributed by atoms with Crippen LogP contribution in [0.25, 0.3) is 22.2 Å². The molecule has 148 valence electrons. The standard InChI is InChI=1S/C20H18ClN5O2S/c1-28-18-8-7-12(26-29(2)27)9-17(18)24-20-23-11-15(21)19(25-20)14-10-22-16-6-4-3-5-13(14)16/h3-11,22,26H,1-2H3,(H,23,24,25). The number of halogens is 1. The fraction of sp³-hybridized carbons (Fsp3) is 0.100. The van der Waals surface area contributed by atoms with Gasteiger partial charge < -0.3 is 19.8 Å². The Morgan fingerprint density at radius 2 is 2.03 bits per heavy atom. The van der Waals surface area contributed by atoms with Crippen LogP contribution in [-0.2, 0) is 11.0 Å². The minimum Gasteiger partial charge on any atom is -0.495 e. The van der Waals surface area contributed by atoms with Gasteiger partial charge in [-0.05, 0) is 24.3 Å². The average molecular weight is 428 g/mol. The van der Waals surface area contributed by atoms with E-state index in [0.717, 1.165) is 16.5 Å². The number of nitrogens with zero attached hydrogens (tertiary/aromatic N) is 2. The molecule has 0 saturated carbocycles. The van der Waals surface area contributed by atoms with E-state index in [2.05, 4.69) is 25.0 Å². The molecule has 0 radical (unpaired) electrons. The number of nitrogens with one attached hydrogen (secondary N) is 3. The van der Waals surface area contributed by atoms with Crippen LogP contribution in [0.2, 0.25) is 5.02 Å². The number of H-pyrrole nitrogens is 1. The van der Waals surface area contributed by atoms with Gasteiger partial charge >= 0.3 is 0 Å². The van der Waals surface area contributed by atoms with E-state index in [0.29, 0.717) is 33.8 Å². The summed E-state index contributed by atoms with van der Waals surface area (Å²) in [7, 11) is 0.384. The highest BCUT2D eigenvalue weighted by Gasteiger charge is 2.14. The molecule has 1 unspecified atom stereocenters. The molecule has 2 heterocycles. The van der Waals surface area contributed by atoms with Crippen LogP contribution in [0.4, 0.5) is 17.3 Å². The molecule has 2 aromatic carbocycles. The molecule has 4 rings (SSSR count). The zero-order chi connectivity index (χ0) is 20.4. The van der Waals surface area contributed by atoms with Crippen LogP contribution < -0.4 is 14.8 Å². The highest BCUT2D eigenvalue weighted by atomic mass is 35.5. The van der Waals surface area contributed by atoms with Crippen LogP contribution in [0, 0.1) is 0 Å². The number of benzene rings is 2. The van der Waals surface area contributed by atoms with Crippen molar-refractivity contribution in [3.63, 3.8) is 0 Å². The van der Waals surface area contributed by atoms with Crippen LogP contribution in [0.1, 0.15) is 0 Å². The zero-order valence-corrected chi connectivity index (χ0v) is 17.3. The highest BCUT2D eigenvalue weighted by molar-refractivity contribution is 7.85. The molecule has 7 nitrogen and oxygen atoms in total. The summed E-state index contributed by atoms with van der Waals surface area (Å²) < 4.78 is 19.7. The molecule has 9 heteroatoms. The van der Waals surface area contributed by atoms with Crippen molar-refractivity contribution < 1.29 is 8.95 Å². The Morgan fingerprint density at radius 3 is 2.83 bits per heavy atom. The third-order valence-electron chi connectivity index (χ3n) is 4.30. The molecule has 0 spiro atoms. The van der Waals surface area contributed by atoms with Crippen LogP contribution in [0.3, 0.4) is 0 Å². The summed E-state index contributed by atoms with van der Waals surface area (Å²) in [5, 5.41) is 4.63. The summed E-state index contributed by atoms with van der Waals surface area (Å²) >= 11 is 6.40. The molecule has 3 N–H and O–H groups in total. The van der Waals surface area contributed by atoms with Gasteiger partial charge in [-0.2, -0.15) is 0 Å². The number of aromatic amines is 1. The van der Waals surface area contributed by atoms with Gasteiger partial charge in [0.25, 0.3) is 0 Å². The van der Waals surface area contributed by atoms with E-state index in [1.807, 2.05) is 30.5 Å². The summed E-state index contributed by atoms with van der Waals surface area (Å²) in [6.07, 6.45) is 5.00. The predicted octanol–water partition coefficient (Wildman–Crippen LogP) is 4.74. The maximum absolute atomic E-state index is 11.5. The Kier molecular flexibility index (Phi) is 5.37. The monoisotopic (exact) mass is 427 g/mol. The molecule has 1 atom stereocenters. The van der Waals surface area contributed by atoms with E-state index in [1.165, 1.54) is 0 Å². The Morgan fingerprint density at radius 1 is 1.21 bits per heavy atom. The molecule has 0 bridgehead atoms. The largest absolute Gasteiger partial charge is 0.495 e. The van der Waals surface area contributed by atoms with Gasteiger partial charge in [0, 0.05) is 34.6 Å². The number of aromatic nitrogens is 3. The Labute approximate surface area is 175 Å². The smallest absolute Gasteiger partial charge is 0.227 e. The SMILES string of the molecule is COc1ccc(NS(C)=O)cc1Nc1ncc(Cl)c(-c2c[nH]c3ccccc23)n1. The zero-order valence-electron chi connectivity index (χ0n) is 15.7. The van der Waals surface area contributed by atoms with E-state index < -0.39 is 11.0 Å². The number of hydrogen-bond donors (Lipinski definition) is 3. The quantitative estimate of drug-likeness (QED) is 0.413. The molecule has 0 amide bonds. The van der Waals surface area contributed by atoms with E-state index in [4.69, 9.17) is 16.3 Å². The normalized spacial score (nSPS) is 12.0. The van der Waals surface area contributed by atoms with E-state index in [-0.39, 0.29) is 0 Å². The second-order valence-corrected chi connectivity index (χ2v) is 7.75. The lowest BCUT2D eigenvalue weighted by Crippen LogP contribution is -2.04. The molecule has 4 aromatic rings. The minimum atomic E-state index is -1.19. The Hall–Kier alpha value is -3.10. The molecule has 0 aliphatic rings. The topological polar surface area (TPSA) is 91.9 Å². The highest BCUT2D eigenvalue weighted by Crippen LogP contribution is 2.34. The van der Waals surface area contributed by atoms with Crippen LogP contribution >= 0.6 is 11.6 Å². The minimum absolute atomic E-state index is 0.364. The first-order valence-corrected chi connectivity index (χ1v) is 10.6. The van der Waals surface area contributed by atoms with Gasteiger partial charge in [-0.3, -0.25) is 0 Å². The molecule has 0 aliphatic carbocycles. The van der Waals surface area contributed by atoms with Crippen LogP contribution in [0.5, 0.6) is 5.75 Å². The van der Waals surface area contributed by atoms with Crippen molar-refractivity contribution in [2.45, 2.75) is 0 Å². The van der Waals surface area contributed by atoms with Gasteiger partial charge in [0.15, 0.2) is 0 Å². The molecular weight excluding hydrogens is 410 g/mol. The first-order valence-electron chi connectivity index (χ1n) is 8.69. The first kappa shape index (κ1) is 19.2. The molecule has 0 saturated heterocycles. The summed E-state index contributed by atoms with van der Waals surface area (Å²) in [4.78, 5) is 12.1. The fourth-order valence-corrected chi connectivity index (χ4v) is 3.69. The van der Waals surface area contributed by atoms with Crippen molar-refractivity contribution in [2.75, 3.05) is 23.4 Å². The van der Waals surface area contributed by atoms with Crippen LogP contribution in [-0.4, -0.2) is 32.5 Å². The van der Waals surface area contributed by atoms with E-state index in [1.54, 1.807) is 37.8 Å². The van der Waals surface area contributed by atoms with Gasteiger partial charge in [-0.15, -0.1) is 0 Å². The van der Waals surface area contributed by atoms with Crippen molar-refractivity contribution >= 4 is 50.8 Å². The second-order valence-electron chi connectivity index (χ2n) is 6.23. The molecule has 0 fully saturated rings. The summed E-state index contributed by atoms with van der Waals surface area (Å²) in [5.41, 5.74) is 3.82. The van der Waals surface area contributed by atoms with Gasteiger partial charge in [0.1, 0.15) is 16.7 Å². The third kappa shape index (κ3) is 4.03. The molecule has 29 heavy (non-hydrogen) atoms. The lowest BCUT2D eigenvalue weighted by Gasteiger charge is -2.13. The number of para-hydroxylation sites is 1. The van der Waals surface area contributed by atoms with Crippen molar-refractivity contribution in [1.82, 2.24) is 15.0 Å². The number of ether oxygens (including phenoxy) is 1. The number of methoxy groups -OCH3 is 1. The number of anilines is 3. The van der Waals surface area contributed by atoms with Crippen molar-refractivity contribution in [2.24, 2.45) is 0 Å². The van der Waals surface area contributed by atoms with Gasteiger partial charge in [-0.25, -0.2) is 14.2 Å². The number of hydrogen-bond acceptors (Lipinski definition) is 5. The Balaban J connectivity index is 1.72. The van der Waals surface area contributed by atoms with Crippen molar-refractivity contribution in [3.8, 4) is 17.0 Å². The predicted molar refractivity (Wildman–Crippen MR) is 118 cm³/mol. The first-order chi connectivity index (χ1) is 14.0. The van der Waals surface area contributed by atoms with E-state index in [9.17, 15) is 4.21 Å². The van der Waals surface area contributed by atoms with Gasteiger partial charge in [0.05, 0.1) is 29.7 Å². The lowest BCUT2D eigenvalue weighted by molar-refractivity contribution is 0.417. The fourth-order valence-electron chi connectivity index (χ4n) is 3.04. The van der Waals surface area contributed by atoms with E-state index >= 15 is 0 Å². The third-order valence-corrected chi connectivity index (χ3v) is 5.10. The number of fused-ring (bicyclic) bond motifs is 1. The maximum Gasteiger partial charge on any atom is 0.227 e. The maximum atomic E-state index is 11.5.